The van der Waals surface area contributed by atoms with Crippen molar-refractivity contribution in [3.05, 3.63) is 42.1 Å². The quantitative estimate of drug-likeness (QED) is 0.902. The molecule has 0 aliphatic carbocycles. The number of benzene rings is 1. The van der Waals surface area contributed by atoms with Crippen LogP contribution in [0.1, 0.15) is 16.8 Å². The summed E-state index contributed by atoms with van der Waals surface area (Å²) in [5.74, 6) is 2.09. The number of hydrogen-bond donors (Lipinski definition) is 2. The minimum Gasteiger partial charge on any atom is -0.348 e. The van der Waals surface area contributed by atoms with Crippen LogP contribution in [0.5, 0.6) is 0 Å². The van der Waals surface area contributed by atoms with Crippen molar-refractivity contribution in [3.63, 3.8) is 0 Å². The molecule has 1 fully saturated rings. The van der Waals surface area contributed by atoms with Gasteiger partial charge in [0.15, 0.2) is 0 Å². The number of aromatic amines is 1. The van der Waals surface area contributed by atoms with Gasteiger partial charge in [0.1, 0.15) is 0 Å². The Hall–Kier alpha value is -1.75. The van der Waals surface area contributed by atoms with Crippen LogP contribution in [0.4, 0.5) is 0 Å². The summed E-state index contributed by atoms with van der Waals surface area (Å²) in [6.45, 7) is 0. The van der Waals surface area contributed by atoms with Gasteiger partial charge in [-0.25, -0.2) is 0 Å². The van der Waals surface area contributed by atoms with Crippen molar-refractivity contribution in [1.82, 2.24) is 15.5 Å². The Bertz CT molecular complexity index is 561. The van der Waals surface area contributed by atoms with Crippen molar-refractivity contribution in [2.75, 3.05) is 11.5 Å². The lowest BCUT2D eigenvalue weighted by Gasteiger charge is -2.11. The predicted molar refractivity (Wildman–Crippen MR) is 77.2 cm³/mol. The fraction of sp³-hybridized carbons (Fsp3) is 0.286. The molecule has 0 radical (unpaired) electrons. The zero-order chi connectivity index (χ0) is 13.1. The van der Waals surface area contributed by atoms with E-state index in [9.17, 15) is 4.79 Å². The lowest BCUT2D eigenvalue weighted by molar-refractivity contribution is 0.0942. The highest BCUT2D eigenvalue weighted by molar-refractivity contribution is 7.99. The molecule has 1 aliphatic rings. The van der Waals surface area contributed by atoms with E-state index in [1.54, 1.807) is 6.20 Å². The second-order valence-corrected chi connectivity index (χ2v) is 5.71. The summed E-state index contributed by atoms with van der Waals surface area (Å²) in [6.07, 6.45) is 2.65. The fourth-order valence-corrected chi connectivity index (χ4v) is 3.35. The minimum atomic E-state index is -0.0416. The Labute approximate surface area is 116 Å². The monoisotopic (exact) mass is 273 g/mol. The van der Waals surface area contributed by atoms with E-state index in [0.29, 0.717) is 5.56 Å². The second-order valence-electron chi connectivity index (χ2n) is 4.56. The van der Waals surface area contributed by atoms with Gasteiger partial charge in [-0.2, -0.15) is 16.9 Å². The molecule has 1 saturated heterocycles. The zero-order valence-electron chi connectivity index (χ0n) is 10.4. The van der Waals surface area contributed by atoms with Gasteiger partial charge in [-0.3, -0.25) is 9.89 Å². The normalized spacial score (nSPS) is 18.4. The van der Waals surface area contributed by atoms with Crippen LogP contribution in [0.25, 0.3) is 11.3 Å². The van der Waals surface area contributed by atoms with Gasteiger partial charge in [0, 0.05) is 17.4 Å². The highest BCUT2D eigenvalue weighted by atomic mass is 32.2. The smallest absolute Gasteiger partial charge is 0.255 e. The third-order valence-corrected chi connectivity index (χ3v) is 4.37. The van der Waals surface area contributed by atoms with E-state index in [2.05, 4.69) is 15.5 Å². The average Bonchev–Trinajstić information content (AvgIpc) is 3.10. The lowest BCUT2D eigenvalue weighted by Crippen LogP contribution is -2.34. The molecule has 2 heterocycles. The number of carbonyl (C=O) groups is 1. The standard InChI is InChI=1S/C14H15N3OS/c18-14(16-11-6-7-19-9-11)12-8-15-17-13(12)10-4-2-1-3-5-10/h1-5,8,11H,6-7,9H2,(H,15,17)(H,16,18)/t11-/m1/s1. The van der Waals surface area contributed by atoms with Crippen molar-refractivity contribution >= 4 is 17.7 Å². The van der Waals surface area contributed by atoms with E-state index >= 15 is 0 Å². The van der Waals surface area contributed by atoms with Crippen molar-refractivity contribution in [2.45, 2.75) is 12.5 Å². The molecule has 1 atom stereocenters. The second kappa shape index (κ2) is 5.48. The Balaban J connectivity index is 1.81. The van der Waals surface area contributed by atoms with Crippen LogP contribution < -0.4 is 5.32 Å². The molecular formula is C14H15N3OS. The summed E-state index contributed by atoms with van der Waals surface area (Å²) in [7, 11) is 0. The number of nitrogens with zero attached hydrogens (tertiary/aromatic N) is 1. The predicted octanol–water partition coefficient (Wildman–Crippen LogP) is 2.31. The van der Waals surface area contributed by atoms with Crippen molar-refractivity contribution in [2.24, 2.45) is 0 Å². The van der Waals surface area contributed by atoms with Gasteiger partial charge in [0.05, 0.1) is 17.5 Å². The van der Waals surface area contributed by atoms with Gasteiger partial charge >= 0.3 is 0 Å². The van der Waals surface area contributed by atoms with Crippen LogP contribution in [0.3, 0.4) is 0 Å². The van der Waals surface area contributed by atoms with Gasteiger partial charge in [-0.1, -0.05) is 30.3 Å². The van der Waals surface area contributed by atoms with Gasteiger partial charge in [-0.15, -0.1) is 0 Å². The van der Waals surface area contributed by atoms with Crippen LogP contribution in [-0.4, -0.2) is 33.7 Å². The summed E-state index contributed by atoms with van der Waals surface area (Å²) < 4.78 is 0. The van der Waals surface area contributed by atoms with Crippen molar-refractivity contribution in [3.8, 4) is 11.3 Å². The maximum absolute atomic E-state index is 12.3. The molecule has 1 amide bonds. The van der Waals surface area contributed by atoms with Gasteiger partial charge in [0.2, 0.25) is 0 Å². The van der Waals surface area contributed by atoms with E-state index in [1.165, 1.54) is 0 Å². The molecule has 0 unspecified atom stereocenters. The topological polar surface area (TPSA) is 57.8 Å². The maximum atomic E-state index is 12.3. The number of H-pyrrole nitrogens is 1. The van der Waals surface area contributed by atoms with Gasteiger partial charge in [-0.05, 0) is 12.2 Å². The summed E-state index contributed by atoms with van der Waals surface area (Å²) >= 11 is 1.88. The van der Waals surface area contributed by atoms with Crippen molar-refractivity contribution in [1.29, 1.82) is 0 Å². The summed E-state index contributed by atoms with van der Waals surface area (Å²) in [5.41, 5.74) is 2.37. The number of rotatable bonds is 3. The molecule has 0 saturated carbocycles. The SMILES string of the molecule is O=C(N[C@@H]1CCSC1)c1cn[nH]c1-c1ccccc1. The Kier molecular flexibility index (Phi) is 3.55. The molecule has 2 aromatic rings. The van der Waals surface area contributed by atoms with Crippen LogP contribution in [0.2, 0.25) is 0 Å². The molecule has 1 aromatic heterocycles. The number of hydrogen-bond acceptors (Lipinski definition) is 3. The van der Waals surface area contributed by atoms with Crippen LogP contribution in [0.15, 0.2) is 36.5 Å². The van der Waals surface area contributed by atoms with E-state index < -0.39 is 0 Å². The first-order valence-corrected chi connectivity index (χ1v) is 7.47. The molecule has 4 nitrogen and oxygen atoms in total. The molecule has 1 aliphatic heterocycles. The molecule has 19 heavy (non-hydrogen) atoms. The largest absolute Gasteiger partial charge is 0.348 e. The van der Waals surface area contributed by atoms with Gasteiger partial charge in [0.25, 0.3) is 5.91 Å². The summed E-state index contributed by atoms with van der Waals surface area (Å²) in [4.78, 5) is 12.3. The van der Waals surface area contributed by atoms with E-state index in [4.69, 9.17) is 0 Å². The Morgan fingerprint density at radius 3 is 2.95 bits per heavy atom. The first-order valence-electron chi connectivity index (χ1n) is 6.32. The molecule has 0 bridgehead atoms. The van der Waals surface area contributed by atoms with E-state index in [1.807, 2.05) is 42.1 Å². The van der Waals surface area contributed by atoms with E-state index in [-0.39, 0.29) is 11.9 Å². The minimum absolute atomic E-state index is 0.0416. The third-order valence-electron chi connectivity index (χ3n) is 3.21. The molecule has 0 spiro atoms. The maximum Gasteiger partial charge on any atom is 0.255 e. The Morgan fingerprint density at radius 1 is 1.37 bits per heavy atom. The summed E-state index contributed by atoms with van der Waals surface area (Å²) in [5, 5.41) is 9.99. The highest BCUT2D eigenvalue weighted by Gasteiger charge is 2.21. The number of carbonyl (C=O) groups excluding carboxylic acids is 1. The van der Waals surface area contributed by atoms with Crippen LogP contribution >= 0.6 is 11.8 Å². The average molecular weight is 273 g/mol. The highest BCUT2D eigenvalue weighted by Crippen LogP contribution is 2.22. The van der Waals surface area contributed by atoms with Crippen LogP contribution in [-0.2, 0) is 0 Å². The lowest BCUT2D eigenvalue weighted by atomic mass is 10.1. The fourth-order valence-electron chi connectivity index (χ4n) is 2.19. The number of nitrogens with one attached hydrogen (secondary N) is 2. The first kappa shape index (κ1) is 12.3. The molecule has 3 rings (SSSR count). The Morgan fingerprint density at radius 2 is 2.21 bits per heavy atom. The number of amides is 1. The van der Waals surface area contributed by atoms with E-state index in [0.717, 1.165) is 29.2 Å². The molecule has 1 aromatic carbocycles. The molecule has 2 N–H and O–H groups in total. The molecular weight excluding hydrogens is 258 g/mol. The van der Waals surface area contributed by atoms with Crippen molar-refractivity contribution < 1.29 is 4.79 Å². The zero-order valence-corrected chi connectivity index (χ0v) is 11.2. The third kappa shape index (κ3) is 2.66. The van der Waals surface area contributed by atoms with Gasteiger partial charge < -0.3 is 5.32 Å². The number of aromatic nitrogens is 2. The first-order chi connectivity index (χ1) is 9.34. The number of thioether (sulfide) groups is 1. The summed E-state index contributed by atoms with van der Waals surface area (Å²) in [6, 6.07) is 10.1. The van der Waals surface area contributed by atoms with Crippen LogP contribution in [0, 0.1) is 0 Å². The molecule has 98 valence electrons. The molecule has 5 heteroatoms.